The molecule has 2 aliphatic heterocycles. The molecule has 3 rings (SSSR count). The van der Waals surface area contributed by atoms with Gasteiger partial charge in [-0.25, -0.2) is 0 Å². The number of benzene rings is 1. The van der Waals surface area contributed by atoms with Crippen molar-refractivity contribution in [1.29, 1.82) is 0 Å². The molecule has 1 aromatic carbocycles. The predicted molar refractivity (Wildman–Crippen MR) is 64.4 cm³/mol. The zero-order valence-corrected chi connectivity index (χ0v) is 10.2. The molecule has 1 fully saturated rings. The van der Waals surface area contributed by atoms with Crippen molar-refractivity contribution in [2.75, 3.05) is 31.2 Å². The summed E-state index contributed by atoms with van der Waals surface area (Å²) in [6, 6.07) is 6.60. The van der Waals surface area contributed by atoms with Crippen LogP contribution >= 0.6 is 15.9 Å². The number of anilines is 1. The number of hydrogen-bond donors (Lipinski definition) is 0. The number of rotatable bonds is 2. The van der Waals surface area contributed by atoms with Crippen molar-refractivity contribution in [2.24, 2.45) is 5.92 Å². The summed E-state index contributed by atoms with van der Waals surface area (Å²) in [5.41, 5.74) is 2.90. The molecule has 1 aromatic rings. The van der Waals surface area contributed by atoms with Gasteiger partial charge in [-0.05, 0) is 30.2 Å². The zero-order valence-electron chi connectivity index (χ0n) is 8.58. The van der Waals surface area contributed by atoms with Gasteiger partial charge in [0.05, 0.1) is 13.2 Å². The first-order valence-electron chi connectivity index (χ1n) is 5.44. The molecule has 0 spiro atoms. The molecule has 0 aromatic heterocycles. The van der Waals surface area contributed by atoms with Gasteiger partial charge in [0.1, 0.15) is 0 Å². The molecule has 2 nitrogen and oxygen atoms in total. The third kappa shape index (κ3) is 1.79. The number of ether oxygens (including phenoxy) is 1. The second kappa shape index (κ2) is 3.80. The van der Waals surface area contributed by atoms with Crippen LogP contribution in [0.25, 0.3) is 0 Å². The van der Waals surface area contributed by atoms with Crippen molar-refractivity contribution >= 4 is 21.6 Å². The standard InChI is InChI=1S/C12H14BrNO/c13-11-1-2-12-10(5-11)3-4-14(12)6-9-7-15-8-9/h1-2,5,9H,3-4,6-8H2. The Labute approximate surface area is 98.4 Å². The van der Waals surface area contributed by atoms with Crippen LogP contribution in [0.4, 0.5) is 5.69 Å². The molecule has 0 saturated carbocycles. The van der Waals surface area contributed by atoms with Gasteiger partial charge >= 0.3 is 0 Å². The van der Waals surface area contributed by atoms with E-state index in [1.807, 2.05) is 0 Å². The average molecular weight is 268 g/mol. The minimum Gasteiger partial charge on any atom is -0.381 e. The quantitative estimate of drug-likeness (QED) is 0.817. The summed E-state index contributed by atoms with van der Waals surface area (Å²) >= 11 is 3.52. The van der Waals surface area contributed by atoms with E-state index in [4.69, 9.17) is 4.74 Å². The van der Waals surface area contributed by atoms with E-state index in [9.17, 15) is 0 Å². The molecule has 0 aliphatic carbocycles. The molecule has 0 amide bonds. The SMILES string of the molecule is Brc1ccc2c(c1)CCN2CC1COC1. The number of fused-ring (bicyclic) bond motifs is 1. The monoisotopic (exact) mass is 267 g/mol. The lowest BCUT2D eigenvalue weighted by molar-refractivity contribution is -0.0274. The van der Waals surface area contributed by atoms with Gasteiger partial charge in [0.2, 0.25) is 0 Å². The van der Waals surface area contributed by atoms with Gasteiger partial charge in [-0.1, -0.05) is 15.9 Å². The summed E-state index contributed by atoms with van der Waals surface area (Å²) in [6.07, 6.45) is 1.18. The van der Waals surface area contributed by atoms with Gasteiger partial charge in [0.25, 0.3) is 0 Å². The van der Waals surface area contributed by atoms with Crippen molar-refractivity contribution in [1.82, 2.24) is 0 Å². The van der Waals surface area contributed by atoms with E-state index in [0.717, 1.165) is 25.7 Å². The lowest BCUT2D eigenvalue weighted by atomic mass is 10.1. The molecular formula is C12H14BrNO. The van der Waals surface area contributed by atoms with Gasteiger partial charge in [0, 0.05) is 29.2 Å². The molecule has 15 heavy (non-hydrogen) atoms. The van der Waals surface area contributed by atoms with Crippen molar-refractivity contribution in [3.8, 4) is 0 Å². The molecule has 80 valence electrons. The summed E-state index contributed by atoms with van der Waals surface area (Å²) in [5.74, 6) is 0.750. The van der Waals surface area contributed by atoms with Gasteiger partial charge in [0.15, 0.2) is 0 Å². The van der Waals surface area contributed by atoms with E-state index < -0.39 is 0 Å². The van der Waals surface area contributed by atoms with Crippen LogP contribution in [0.1, 0.15) is 5.56 Å². The fraction of sp³-hybridized carbons (Fsp3) is 0.500. The van der Waals surface area contributed by atoms with Crippen LogP contribution in [0.5, 0.6) is 0 Å². The largest absolute Gasteiger partial charge is 0.381 e. The number of nitrogens with zero attached hydrogens (tertiary/aromatic N) is 1. The minimum atomic E-state index is 0.750. The zero-order chi connectivity index (χ0) is 10.3. The predicted octanol–water partition coefficient (Wildman–Crippen LogP) is 2.46. The highest BCUT2D eigenvalue weighted by Crippen LogP contribution is 2.31. The molecule has 3 heteroatoms. The lowest BCUT2D eigenvalue weighted by Crippen LogP contribution is -2.38. The molecule has 1 saturated heterocycles. The average Bonchev–Trinajstić information content (AvgIpc) is 2.54. The maximum atomic E-state index is 5.22. The van der Waals surface area contributed by atoms with Crippen LogP contribution in [0.3, 0.4) is 0 Å². The van der Waals surface area contributed by atoms with E-state index in [1.54, 1.807) is 0 Å². The van der Waals surface area contributed by atoms with E-state index in [2.05, 4.69) is 39.0 Å². The lowest BCUT2D eigenvalue weighted by Gasteiger charge is -2.31. The molecule has 0 bridgehead atoms. The van der Waals surface area contributed by atoms with E-state index in [0.29, 0.717) is 0 Å². The molecular weight excluding hydrogens is 254 g/mol. The molecule has 0 atom stereocenters. The number of hydrogen-bond acceptors (Lipinski definition) is 2. The Morgan fingerprint density at radius 1 is 1.40 bits per heavy atom. The summed E-state index contributed by atoms with van der Waals surface area (Å²) in [4.78, 5) is 2.50. The Morgan fingerprint density at radius 3 is 3.00 bits per heavy atom. The Hall–Kier alpha value is -0.540. The second-order valence-electron chi connectivity index (χ2n) is 4.37. The summed E-state index contributed by atoms with van der Waals surface area (Å²) in [5, 5.41) is 0. The Kier molecular flexibility index (Phi) is 2.45. The summed E-state index contributed by atoms with van der Waals surface area (Å²) in [6.45, 7) is 4.22. The van der Waals surface area contributed by atoms with Crippen LogP contribution < -0.4 is 4.90 Å². The Balaban J connectivity index is 1.78. The molecule has 2 heterocycles. The second-order valence-corrected chi connectivity index (χ2v) is 5.29. The molecule has 0 N–H and O–H groups in total. The van der Waals surface area contributed by atoms with E-state index >= 15 is 0 Å². The van der Waals surface area contributed by atoms with Crippen LogP contribution in [0, 0.1) is 5.92 Å². The highest BCUT2D eigenvalue weighted by molar-refractivity contribution is 9.10. The van der Waals surface area contributed by atoms with Crippen LogP contribution in [0.2, 0.25) is 0 Å². The van der Waals surface area contributed by atoms with Gasteiger partial charge in [-0.15, -0.1) is 0 Å². The first-order valence-corrected chi connectivity index (χ1v) is 6.23. The highest BCUT2D eigenvalue weighted by Gasteiger charge is 2.25. The van der Waals surface area contributed by atoms with Crippen molar-refractivity contribution < 1.29 is 4.74 Å². The van der Waals surface area contributed by atoms with Crippen LogP contribution in [-0.2, 0) is 11.2 Å². The van der Waals surface area contributed by atoms with Crippen LogP contribution in [-0.4, -0.2) is 26.3 Å². The van der Waals surface area contributed by atoms with E-state index in [-0.39, 0.29) is 0 Å². The number of halogens is 1. The molecule has 0 radical (unpaired) electrons. The van der Waals surface area contributed by atoms with Crippen molar-refractivity contribution in [3.05, 3.63) is 28.2 Å². The Bertz CT molecular complexity index is 376. The smallest absolute Gasteiger partial charge is 0.0533 e. The van der Waals surface area contributed by atoms with Gasteiger partial charge < -0.3 is 9.64 Å². The first kappa shape index (κ1) is 9.67. The maximum absolute atomic E-state index is 5.22. The first-order chi connectivity index (χ1) is 7.33. The van der Waals surface area contributed by atoms with Gasteiger partial charge in [-0.3, -0.25) is 0 Å². The summed E-state index contributed by atoms with van der Waals surface area (Å²) < 4.78 is 6.41. The van der Waals surface area contributed by atoms with E-state index in [1.165, 1.54) is 28.7 Å². The molecule has 0 unspecified atom stereocenters. The topological polar surface area (TPSA) is 12.5 Å². The maximum Gasteiger partial charge on any atom is 0.0533 e. The fourth-order valence-corrected chi connectivity index (χ4v) is 2.74. The minimum absolute atomic E-state index is 0.750. The van der Waals surface area contributed by atoms with Gasteiger partial charge in [-0.2, -0.15) is 0 Å². The normalized spacial score (nSPS) is 20.2. The summed E-state index contributed by atoms with van der Waals surface area (Å²) in [7, 11) is 0. The Morgan fingerprint density at radius 2 is 2.27 bits per heavy atom. The van der Waals surface area contributed by atoms with Crippen molar-refractivity contribution in [2.45, 2.75) is 6.42 Å². The highest BCUT2D eigenvalue weighted by atomic mass is 79.9. The fourth-order valence-electron chi connectivity index (χ4n) is 2.33. The van der Waals surface area contributed by atoms with Crippen molar-refractivity contribution in [3.63, 3.8) is 0 Å². The third-order valence-corrected chi connectivity index (χ3v) is 3.71. The third-order valence-electron chi connectivity index (χ3n) is 3.22. The molecule has 2 aliphatic rings. The van der Waals surface area contributed by atoms with Crippen LogP contribution in [0.15, 0.2) is 22.7 Å².